The summed E-state index contributed by atoms with van der Waals surface area (Å²) < 4.78 is 38.2. The molecule has 23 heavy (non-hydrogen) atoms. The number of benzene rings is 1. The van der Waals surface area contributed by atoms with E-state index < -0.39 is 11.7 Å². The topological polar surface area (TPSA) is 42.0 Å². The molecule has 1 aromatic carbocycles. The third-order valence-corrected chi connectivity index (χ3v) is 4.97. The van der Waals surface area contributed by atoms with Gasteiger partial charge in [-0.25, -0.2) is 4.98 Å². The Morgan fingerprint density at radius 1 is 1.43 bits per heavy atom. The Kier molecular flexibility index (Phi) is 4.14. The number of carbonyl (C=O) groups is 1. The fourth-order valence-corrected chi connectivity index (χ4v) is 3.31. The van der Waals surface area contributed by atoms with Gasteiger partial charge in [0, 0.05) is 10.8 Å². The van der Waals surface area contributed by atoms with Crippen LogP contribution in [0.3, 0.4) is 0 Å². The molecule has 1 aliphatic carbocycles. The minimum Gasteiger partial charge on any atom is -0.351 e. The molecular formula is C16H15F3N2OS. The summed E-state index contributed by atoms with van der Waals surface area (Å²) in [5.74, 6) is -0.480. The summed E-state index contributed by atoms with van der Waals surface area (Å²) in [7, 11) is 0. The lowest BCUT2D eigenvalue weighted by molar-refractivity contribution is -0.137. The molecule has 0 bridgehead atoms. The van der Waals surface area contributed by atoms with Gasteiger partial charge in [0.05, 0.1) is 23.3 Å². The molecule has 1 heterocycles. The second-order valence-corrected chi connectivity index (χ2v) is 6.59. The number of carbonyl (C=O) groups excluding carboxylic acids is 1. The number of nitrogens with zero attached hydrogens (tertiary/aromatic N) is 1. The molecule has 2 atom stereocenters. The van der Waals surface area contributed by atoms with Crippen LogP contribution in [0, 0.1) is 12.8 Å². The van der Waals surface area contributed by atoms with Gasteiger partial charge in [-0.1, -0.05) is 18.2 Å². The molecule has 122 valence electrons. The van der Waals surface area contributed by atoms with Gasteiger partial charge in [0.1, 0.15) is 0 Å². The number of halogens is 3. The maximum atomic E-state index is 12.7. The molecular weight excluding hydrogens is 325 g/mol. The van der Waals surface area contributed by atoms with Gasteiger partial charge in [-0.2, -0.15) is 13.2 Å². The van der Waals surface area contributed by atoms with Crippen LogP contribution in [0.5, 0.6) is 0 Å². The van der Waals surface area contributed by atoms with Crippen molar-refractivity contribution in [3.8, 4) is 0 Å². The molecule has 3 rings (SSSR count). The largest absolute Gasteiger partial charge is 0.416 e. The van der Waals surface area contributed by atoms with Gasteiger partial charge in [0.2, 0.25) is 5.91 Å². The Balaban J connectivity index is 1.61. The molecule has 0 unspecified atom stereocenters. The first-order chi connectivity index (χ1) is 10.9. The second kappa shape index (κ2) is 5.96. The predicted octanol–water partition coefficient (Wildman–Crippen LogP) is 3.89. The number of aromatic nitrogens is 1. The lowest BCUT2D eigenvalue weighted by Gasteiger charge is -2.08. The first-order valence-corrected chi connectivity index (χ1v) is 8.08. The zero-order valence-electron chi connectivity index (χ0n) is 12.4. The van der Waals surface area contributed by atoms with E-state index in [2.05, 4.69) is 10.3 Å². The van der Waals surface area contributed by atoms with Crippen molar-refractivity contribution in [2.24, 2.45) is 5.92 Å². The molecule has 7 heteroatoms. The number of hydrogen-bond donors (Lipinski definition) is 1. The van der Waals surface area contributed by atoms with Gasteiger partial charge in [0.25, 0.3) is 0 Å². The molecule has 1 fully saturated rings. The van der Waals surface area contributed by atoms with Crippen molar-refractivity contribution in [2.45, 2.75) is 32.0 Å². The smallest absolute Gasteiger partial charge is 0.351 e. The van der Waals surface area contributed by atoms with Crippen LogP contribution in [0.15, 0.2) is 29.8 Å². The van der Waals surface area contributed by atoms with Crippen molar-refractivity contribution in [3.05, 3.63) is 51.5 Å². The van der Waals surface area contributed by atoms with E-state index in [4.69, 9.17) is 0 Å². The van der Waals surface area contributed by atoms with Gasteiger partial charge >= 0.3 is 6.18 Å². The number of alkyl halides is 3. The quantitative estimate of drug-likeness (QED) is 0.917. The van der Waals surface area contributed by atoms with Crippen LogP contribution in [0.2, 0.25) is 0 Å². The molecule has 1 N–H and O–H groups in total. The lowest BCUT2D eigenvalue weighted by atomic mass is 10.1. The Hall–Kier alpha value is -1.89. The average molecular weight is 340 g/mol. The van der Waals surface area contributed by atoms with Crippen LogP contribution in [0.1, 0.15) is 34.0 Å². The fourth-order valence-electron chi connectivity index (χ4n) is 2.59. The molecule has 1 amide bonds. The number of thiazole rings is 1. The SMILES string of the molecule is Cc1ncsc1CNC(=O)[C@@H]1C[C@@H]1c1cccc(C(F)(F)F)c1. The Labute approximate surface area is 135 Å². The monoisotopic (exact) mass is 340 g/mol. The summed E-state index contributed by atoms with van der Waals surface area (Å²) in [5.41, 5.74) is 2.52. The van der Waals surface area contributed by atoms with E-state index in [1.807, 2.05) is 6.92 Å². The summed E-state index contributed by atoms with van der Waals surface area (Å²) in [6.45, 7) is 2.29. The second-order valence-electron chi connectivity index (χ2n) is 5.65. The molecule has 0 saturated heterocycles. The highest BCUT2D eigenvalue weighted by atomic mass is 32.1. The van der Waals surface area contributed by atoms with Crippen molar-refractivity contribution in [2.75, 3.05) is 0 Å². The maximum Gasteiger partial charge on any atom is 0.416 e. The van der Waals surface area contributed by atoms with Gasteiger partial charge < -0.3 is 5.32 Å². The van der Waals surface area contributed by atoms with Crippen LogP contribution >= 0.6 is 11.3 Å². The number of amides is 1. The number of aryl methyl sites for hydroxylation is 1. The third kappa shape index (κ3) is 3.55. The highest BCUT2D eigenvalue weighted by molar-refractivity contribution is 7.09. The van der Waals surface area contributed by atoms with Crippen LogP contribution in [0.25, 0.3) is 0 Å². The van der Waals surface area contributed by atoms with Gasteiger partial charge in [-0.15, -0.1) is 11.3 Å². The molecule has 2 aromatic rings. The van der Waals surface area contributed by atoms with Gasteiger partial charge in [-0.3, -0.25) is 4.79 Å². The lowest BCUT2D eigenvalue weighted by Crippen LogP contribution is -2.24. The van der Waals surface area contributed by atoms with Crippen LogP contribution < -0.4 is 5.32 Å². The zero-order valence-corrected chi connectivity index (χ0v) is 13.2. The van der Waals surface area contributed by atoms with E-state index in [0.29, 0.717) is 18.5 Å². The first-order valence-electron chi connectivity index (χ1n) is 7.20. The standard InChI is InChI=1S/C16H15F3N2OS/c1-9-14(23-8-21-9)7-20-15(22)13-6-12(13)10-3-2-4-11(5-10)16(17,18)19/h2-5,8,12-13H,6-7H2,1H3,(H,20,22)/t12-,13-/m1/s1. The summed E-state index contributed by atoms with van der Waals surface area (Å²) in [6, 6.07) is 5.24. The fraction of sp³-hybridized carbons (Fsp3) is 0.375. The highest BCUT2D eigenvalue weighted by Gasteiger charge is 2.44. The van der Waals surface area contributed by atoms with Crippen LogP contribution in [-0.4, -0.2) is 10.9 Å². The van der Waals surface area contributed by atoms with E-state index in [0.717, 1.165) is 22.7 Å². The van der Waals surface area contributed by atoms with Crippen LogP contribution in [-0.2, 0) is 17.5 Å². The summed E-state index contributed by atoms with van der Waals surface area (Å²) >= 11 is 1.47. The van der Waals surface area contributed by atoms with E-state index in [1.54, 1.807) is 11.6 Å². The van der Waals surface area contributed by atoms with E-state index in [9.17, 15) is 18.0 Å². The normalized spacial score (nSPS) is 20.3. The molecule has 1 aliphatic rings. The highest BCUT2D eigenvalue weighted by Crippen LogP contribution is 2.48. The Bertz CT molecular complexity index is 726. The van der Waals surface area contributed by atoms with E-state index in [1.165, 1.54) is 17.4 Å². The van der Waals surface area contributed by atoms with Crippen molar-refractivity contribution in [1.82, 2.24) is 10.3 Å². The maximum absolute atomic E-state index is 12.7. The predicted molar refractivity (Wildman–Crippen MR) is 81.0 cm³/mol. The molecule has 1 aromatic heterocycles. The minimum atomic E-state index is -4.35. The first kappa shape index (κ1) is 16.0. The van der Waals surface area contributed by atoms with Crippen molar-refractivity contribution in [1.29, 1.82) is 0 Å². The zero-order chi connectivity index (χ0) is 16.6. The van der Waals surface area contributed by atoms with E-state index >= 15 is 0 Å². The summed E-state index contributed by atoms with van der Waals surface area (Å²) in [5, 5.41) is 2.84. The van der Waals surface area contributed by atoms with Gasteiger partial charge in [-0.05, 0) is 30.9 Å². The minimum absolute atomic E-state index is 0.111. The number of hydrogen-bond acceptors (Lipinski definition) is 3. The van der Waals surface area contributed by atoms with E-state index in [-0.39, 0.29) is 17.7 Å². The molecule has 0 spiro atoms. The third-order valence-electron chi connectivity index (χ3n) is 4.04. The summed E-state index contributed by atoms with van der Waals surface area (Å²) in [4.78, 5) is 17.2. The number of nitrogens with one attached hydrogen (secondary N) is 1. The molecule has 3 nitrogen and oxygen atoms in total. The van der Waals surface area contributed by atoms with Crippen molar-refractivity contribution < 1.29 is 18.0 Å². The average Bonchev–Trinajstić information content (AvgIpc) is 3.21. The number of rotatable bonds is 4. The van der Waals surface area contributed by atoms with Crippen molar-refractivity contribution >= 4 is 17.2 Å². The molecule has 1 saturated carbocycles. The van der Waals surface area contributed by atoms with Crippen molar-refractivity contribution in [3.63, 3.8) is 0 Å². The Morgan fingerprint density at radius 2 is 2.22 bits per heavy atom. The van der Waals surface area contributed by atoms with Crippen LogP contribution in [0.4, 0.5) is 13.2 Å². The van der Waals surface area contributed by atoms with Gasteiger partial charge in [0.15, 0.2) is 0 Å². The molecule has 0 aliphatic heterocycles. The molecule has 0 radical (unpaired) electrons. The Morgan fingerprint density at radius 3 is 2.87 bits per heavy atom. The summed E-state index contributed by atoms with van der Waals surface area (Å²) in [6.07, 6.45) is -3.76.